The molecule has 1 aliphatic heterocycles. The summed E-state index contributed by atoms with van der Waals surface area (Å²) >= 11 is 1.98. The van der Waals surface area contributed by atoms with Gasteiger partial charge in [-0.1, -0.05) is 18.2 Å². The van der Waals surface area contributed by atoms with Crippen LogP contribution >= 0.6 is 11.8 Å². The number of rotatable bonds is 4. The van der Waals surface area contributed by atoms with Crippen LogP contribution in [0.2, 0.25) is 0 Å². The zero-order valence-electron chi connectivity index (χ0n) is 11.7. The number of fused-ring (bicyclic) bond motifs is 1. The van der Waals surface area contributed by atoms with E-state index < -0.39 is 0 Å². The quantitative estimate of drug-likeness (QED) is 0.937. The first kappa shape index (κ1) is 13.9. The van der Waals surface area contributed by atoms with Crippen LogP contribution in [0.25, 0.3) is 10.9 Å². The van der Waals surface area contributed by atoms with Gasteiger partial charge < -0.3 is 10.1 Å². The van der Waals surface area contributed by atoms with Crippen LogP contribution in [0, 0.1) is 0 Å². The van der Waals surface area contributed by atoms with Crippen LogP contribution in [0.4, 0.5) is 0 Å². The smallest absolute Gasteiger partial charge is 0.0821 e. The molecule has 1 aromatic carbocycles. The van der Waals surface area contributed by atoms with Crippen LogP contribution in [-0.2, 0) is 11.2 Å². The highest BCUT2D eigenvalue weighted by Crippen LogP contribution is 2.21. The molecule has 0 aliphatic carbocycles. The number of hydrogen-bond donors (Lipinski definition) is 1. The molecule has 106 valence electrons. The molecule has 2 unspecified atom stereocenters. The molecular weight excluding hydrogens is 268 g/mol. The third-order valence-electron chi connectivity index (χ3n) is 3.84. The highest BCUT2D eigenvalue weighted by Gasteiger charge is 2.24. The van der Waals surface area contributed by atoms with Gasteiger partial charge in [-0.05, 0) is 31.2 Å². The highest BCUT2D eigenvalue weighted by molar-refractivity contribution is 7.99. The standard InChI is InChI=1S/C16H20N2OS/c1-17-15(16-11-20-9-8-19-16)10-12-6-7-18-14-5-3-2-4-13(12)14/h2-7,15-17H,8-11H2,1H3. The Morgan fingerprint density at radius 2 is 2.30 bits per heavy atom. The number of ether oxygens (including phenoxy) is 1. The van der Waals surface area contributed by atoms with E-state index in [1.165, 1.54) is 10.9 Å². The summed E-state index contributed by atoms with van der Waals surface area (Å²) in [4.78, 5) is 4.43. The maximum absolute atomic E-state index is 5.92. The van der Waals surface area contributed by atoms with E-state index in [-0.39, 0.29) is 0 Å². The predicted octanol–water partition coefficient (Wildman–Crippen LogP) is 2.50. The molecule has 3 nitrogen and oxygen atoms in total. The second kappa shape index (κ2) is 6.57. The fourth-order valence-corrected chi connectivity index (χ4v) is 3.67. The first-order valence-electron chi connectivity index (χ1n) is 7.07. The maximum atomic E-state index is 5.92. The van der Waals surface area contributed by atoms with E-state index in [1.807, 2.05) is 31.1 Å². The monoisotopic (exact) mass is 288 g/mol. The molecule has 0 amide bonds. The van der Waals surface area contributed by atoms with Crippen molar-refractivity contribution in [2.45, 2.75) is 18.6 Å². The maximum Gasteiger partial charge on any atom is 0.0821 e. The zero-order chi connectivity index (χ0) is 13.8. The fourth-order valence-electron chi connectivity index (χ4n) is 2.73. The Labute approximate surface area is 124 Å². The second-order valence-electron chi connectivity index (χ2n) is 5.07. The molecule has 2 heterocycles. The van der Waals surface area contributed by atoms with E-state index in [0.717, 1.165) is 30.1 Å². The van der Waals surface area contributed by atoms with Gasteiger partial charge in [-0.2, -0.15) is 11.8 Å². The normalized spacial score (nSPS) is 20.9. The van der Waals surface area contributed by atoms with Crippen molar-refractivity contribution in [3.8, 4) is 0 Å². The lowest BCUT2D eigenvalue weighted by molar-refractivity contribution is 0.0493. The van der Waals surface area contributed by atoms with Crippen LogP contribution in [-0.4, -0.2) is 42.3 Å². The fraction of sp³-hybridized carbons (Fsp3) is 0.438. The molecule has 1 aromatic heterocycles. The number of aromatic nitrogens is 1. The van der Waals surface area contributed by atoms with Crippen LogP contribution in [0.15, 0.2) is 36.5 Å². The Hall–Kier alpha value is -1.10. The van der Waals surface area contributed by atoms with Gasteiger partial charge in [0.15, 0.2) is 0 Å². The van der Waals surface area contributed by atoms with Gasteiger partial charge in [-0.15, -0.1) is 0 Å². The number of thioether (sulfide) groups is 1. The van der Waals surface area contributed by atoms with Crippen molar-refractivity contribution >= 4 is 22.7 Å². The molecular formula is C16H20N2OS. The number of likely N-dealkylation sites (N-methyl/N-ethyl adjacent to an activating group) is 1. The highest BCUT2D eigenvalue weighted by atomic mass is 32.2. The molecule has 1 aliphatic rings. The molecule has 3 rings (SSSR count). The van der Waals surface area contributed by atoms with Crippen LogP contribution in [0.1, 0.15) is 5.56 Å². The summed E-state index contributed by atoms with van der Waals surface area (Å²) in [6.07, 6.45) is 3.18. The molecule has 2 aromatic rings. The molecule has 0 radical (unpaired) electrons. The van der Waals surface area contributed by atoms with Gasteiger partial charge in [0.1, 0.15) is 0 Å². The zero-order valence-corrected chi connectivity index (χ0v) is 12.5. The summed E-state index contributed by atoms with van der Waals surface area (Å²) in [5, 5.41) is 4.68. The number of benzene rings is 1. The SMILES string of the molecule is CNC(Cc1ccnc2ccccc12)C1CSCCO1. The van der Waals surface area contributed by atoms with Gasteiger partial charge >= 0.3 is 0 Å². The number of pyridine rings is 1. The molecule has 1 N–H and O–H groups in total. The number of nitrogens with one attached hydrogen (secondary N) is 1. The first-order valence-corrected chi connectivity index (χ1v) is 8.23. The summed E-state index contributed by atoms with van der Waals surface area (Å²) in [7, 11) is 2.02. The Kier molecular flexibility index (Phi) is 4.55. The van der Waals surface area contributed by atoms with Crippen molar-refractivity contribution in [1.29, 1.82) is 0 Å². The van der Waals surface area contributed by atoms with Crippen molar-refractivity contribution in [3.63, 3.8) is 0 Å². The molecule has 0 saturated carbocycles. The molecule has 2 atom stereocenters. The minimum Gasteiger partial charge on any atom is -0.375 e. The summed E-state index contributed by atoms with van der Waals surface area (Å²) in [5.74, 6) is 2.19. The van der Waals surface area contributed by atoms with E-state index in [0.29, 0.717) is 12.1 Å². The van der Waals surface area contributed by atoms with Crippen molar-refractivity contribution in [3.05, 3.63) is 42.1 Å². The lowest BCUT2D eigenvalue weighted by Gasteiger charge is -2.30. The van der Waals surface area contributed by atoms with Gasteiger partial charge in [0, 0.05) is 29.1 Å². The molecule has 1 fully saturated rings. The van der Waals surface area contributed by atoms with Gasteiger partial charge in [-0.25, -0.2) is 0 Å². The average molecular weight is 288 g/mol. The minimum absolute atomic E-state index is 0.297. The first-order chi connectivity index (χ1) is 9.88. The lowest BCUT2D eigenvalue weighted by atomic mass is 9.99. The number of hydrogen-bond acceptors (Lipinski definition) is 4. The van der Waals surface area contributed by atoms with Crippen molar-refractivity contribution < 1.29 is 4.74 Å². The minimum atomic E-state index is 0.297. The summed E-state index contributed by atoms with van der Waals surface area (Å²) in [5.41, 5.74) is 2.41. The number of para-hydroxylation sites is 1. The van der Waals surface area contributed by atoms with E-state index in [2.05, 4.69) is 34.6 Å². The Morgan fingerprint density at radius 1 is 1.40 bits per heavy atom. The summed E-state index contributed by atoms with van der Waals surface area (Å²) in [6, 6.07) is 10.8. The van der Waals surface area contributed by atoms with E-state index >= 15 is 0 Å². The molecule has 20 heavy (non-hydrogen) atoms. The van der Waals surface area contributed by atoms with Gasteiger partial charge in [-0.3, -0.25) is 4.98 Å². The largest absolute Gasteiger partial charge is 0.375 e. The van der Waals surface area contributed by atoms with Gasteiger partial charge in [0.05, 0.1) is 18.2 Å². The predicted molar refractivity (Wildman–Crippen MR) is 85.4 cm³/mol. The molecule has 1 saturated heterocycles. The average Bonchev–Trinajstić information content (AvgIpc) is 2.53. The lowest BCUT2D eigenvalue weighted by Crippen LogP contribution is -2.44. The molecule has 0 bridgehead atoms. The van der Waals surface area contributed by atoms with Crippen LogP contribution in [0.5, 0.6) is 0 Å². The van der Waals surface area contributed by atoms with Crippen molar-refractivity contribution in [2.75, 3.05) is 25.2 Å². The Balaban J connectivity index is 1.83. The van der Waals surface area contributed by atoms with Crippen molar-refractivity contribution in [1.82, 2.24) is 10.3 Å². The van der Waals surface area contributed by atoms with Crippen molar-refractivity contribution in [2.24, 2.45) is 0 Å². The molecule has 0 spiro atoms. The van der Waals surface area contributed by atoms with Crippen LogP contribution < -0.4 is 5.32 Å². The Morgan fingerprint density at radius 3 is 3.10 bits per heavy atom. The Bertz CT molecular complexity index is 564. The third-order valence-corrected chi connectivity index (χ3v) is 4.86. The summed E-state index contributed by atoms with van der Waals surface area (Å²) in [6.45, 7) is 0.866. The van der Waals surface area contributed by atoms with E-state index in [9.17, 15) is 0 Å². The van der Waals surface area contributed by atoms with Crippen LogP contribution in [0.3, 0.4) is 0 Å². The molecule has 4 heteroatoms. The topological polar surface area (TPSA) is 34.2 Å². The second-order valence-corrected chi connectivity index (χ2v) is 6.22. The van der Waals surface area contributed by atoms with E-state index in [4.69, 9.17) is 4.74 Å². The summed E-state index contributed by atoms with van der Waals surface area (Å²) < 4.78 is 5.92. The van der Waals surface area contributed by atoms with Gasteiger partial charge in [0.25, 0.3) is 0 Å². The number of nitrogens with zero attached hydrogens (tertiary/aromatic N) is 1. The third kappa shape index (κ3) is 2.97. The van der Waals surface area contributed by atoms with E-state index in [1.54, 1.807) is 0 Å². The van der Waals surface area contributed by atoms with Gasteiger partial charge in [0.2, 0.25) is 0 Å².